The van der Waals surface area contributed by atoms with E-state index >= 15 is 0 Å². The predicted octanol–water partition coefficient (Wildman–Crippen LogP) is 5.07. The number of halogens is 2. The number of carbonyl (C=O) groups is 3. The minimum atomic E-state index is -1.40. The van der Waals surface area contributed by atoms with Crippen molar-refractivity contribution in [2.45, 2.75) is 31.7 Å². The molecule has 1 saturated carbocycles. The van der Waals surface area contributed by atoms with Gasteiger partial charge in [-0.1, -0.05) is 12.1 Å². The first kappa shape index (κ1) is 28.9. The van der Waals surface area contributed by atoms with Gasteiger partial charge < -0.3 is 25.2 Å². The van der Waals surface area contributed by atoms with Crippen LogP contribution in [0.25, 0.3) is 0 Å². The minimum absolute atomic E-state index is 0.0302. The van der Waals surface area contributed by atoms with Gasteiger partial charge in [-0.15, -0.1) is 0 Å². The molecule has 0 unspecified atom stereocenters. The number of piperidine rings is 1. The molecular weight excluding hydrogens is 546 g/mol. The number of carbonyl (C=O) groups excluding carboxylic acids is 3. The van der Waals surface area contributed by atoms with Gasteiger partial charge in [0.25, 0.3) is 0 Å². The molecule has 1 saturated heterocycles. The number of anilines is 3. The maximum absolute atomic E-state index is 14.9. The number of amides is 4. The van der Waals surface area contributed by atoms with E-state index in [1.165, 1.54) is 42.6 Å². The molecule has 220 valence electrons. The van der Waals surface area contributed by atoms with Crippen molar-refractivity contribution in [3.05, 3.63) is 72.4 Å². The van der Waals surface area contributed by atoms with Gasteiger partial charge in [-0.2, -0.15) is 0 Å². The lowest BCUT2D eigenvalue weighted by molar-refractivity contribution is -0.131. The molecule has 42 heavy (non-hydrogen) atoms. The molecule has 0 atom stereocenters. The van der Waals surface area contributed by atoms with E-state index in [9.17, 15) is 23.2 Å². The summed E-state index contributed by atoms with van der Waals surface area (Å²) < 4.78 is 34.6. The van der Waals surface area contributed by atoms with Crippen molar-refractivity contribution in [3.8, 4) is 11.5 Å². The molecule has 4 amide bonds. The third-order valence-corrected chi connectivity index (χ3v) is 7.69. The Morgan fingerprint density at radius 1 is 0.905 bits per heavy atom. The van der Waals surface area contributed by atoms with E-state index in [0.29, 0.717) is 5.75 Å². The molecule has 1 aliphatic heterocycles. The second-order valence-corrected chi connectivity index (χ2v) is 10.7. The third-order valence-electron chi connectivity index (χ3n) is 7.69. The standard InChI is InChI=1S/C30H32F2N6O4/c1-37-15-10-19(11-16-37)38(2)29(41)36-26-18-21(9-14-33-26)42-20-7-8-25(23(32)17-20)35-28(40)30(12-13-30)27(39)34-24-6-4-3-5-22(24)31/h3-9,14,17-19H,10-13,15-16H2,1-2H3,(H,34,39)(H,35,40)(H,33,36,41). The molecule has 5 rings (SSSR count). The first-order chi connectivity index (χ1) is 20.1. The van der Waals surface area contributed by atoms with Crippen LogP contribution in [0.15, 0.2) is 60.8 Å². The topological polar surface area (TPSA) is 116 Å². The number of likely N-dealkylation sites (tertiary alicyclic amines) is 1. The number of urea groups is 1. The summed E-state index contributed by atoms with van der Waals surface area (Å²) >= 11 is 0. The summed E-state index contributed by atoms with van der Waals surface area (Å²) in [4.78, 5) is 46.5. The summed E-state index contributed by atoms with van der Waals surface area (Å²) in [6.07, 6.45) is 3.77. The van der Waals surface area contributed by atoms with Crippen molar-refractivity contribution < 1.29 is 27.9 Å². The number of aromatic nitrogens is 1. The lowest BCUT2D eigenvalue weighted by atomic mass is 10.0. The molecule has 2 aliphatic rings. The molecule has 2 aromatic carbocycles. The van der Waals surface area contributed by atoms with E-state index in [1.807, 2.05) is 0 Å². The summed E-state index contributed by atoms with van der Waals surface area (Å²) in [5, 5.41) is 7.69. The number of nitrogens with zero attached hydrogens (tertiary/aromatic N) is 3. The van der Waals surface area contributed by atoms with Crippen LogP contribution in [0.3, 0.4) is 0 Å². The van der Waals surface area contributed by atoms with E-state index in [1.54, 1.807) is 24.1 Å². The monoisotopic (exact) mass is 578 g/mol. The number of rotatable bonds is 8. The highest BCUT2D eigenvalue weighted by Gasteiger charge is 2.56. The normalized spacial score (nSPS) is 16.3. The van der Waals surface area contributed by atoms with Gasteiger partial charge in [0.15, 0.2) is 0 Å². The van der Waals surface area contributed by atoms with Crippen molar-refractivity contribution in [1.82, 2.24) is 14.8 Å². The van der Waals surface area contributed by atoms with Crippen LogP contribution in [0.2, 0.25) is 0 Å². The summed E-state index contributed by atoms with van der Waals surface area (Å²) in [7, 11) is 3.82. The molecule has 3 aromatic rings. The molecular formula is C30H32F2N6O4. The Hall–Kier alpha value is -4.58. The quantitative estimate of drug-likeness (QED) is 0.322. The van der Waals surface area contributed by atoms with Gasteiger partial charge >= 0.3 is 6.03 Å². The van der Waals surface area contributed by atoms with Crippen molar-refractivity contribution in [2.75, 3.05) is 43.1 Å². The zero-order valence-electron chi connectivity index (χ0n) is 23.3. The van der Waals surface area contributed by atoms with E-state index in [4.69, 9.17) is 4.74 Å². The average molecular weight is 579 g/mol. The zero-order chi connectivity index (χ0) is 29.9. The fraction of sp³-hybridized carbons (Fsp3) is 0.333. The summed E-state index contributed by atoms with van der Waals surface area (Å²) in [5.41, 5.74) is -1.56. The fourth-order valence-corrected chi connectivity index (χ4v) is 4.81. The molecule has 0 bridgehead atoms. The number of benzene rings is 2. The van der Waals surface area contributed by atoms with E-state index in [0.717, 1.165) is 32.0 Å². The Morgan fingerprint density at radius 2 is 1.55 bits per heavy atom. The number of nitrogens with one attached hydrogen (secondary N) is 3. The molecule has 2 fully saturated rings. The van der Waals surface area contributed by atoms with Gasteiger partial charge in [0.2, 0.25) is 11.8 Å². The van der Waals surface area contributed by atoms with Crippen LogP contribution >= 0.6 is 0 Å². The van der Waals surface area contributed by atoms with Gasteiger partial charge in [-0.3, -0.25) is 14.9 Å². The smallest absolute Gasteiger partial charge is 0.323 e. The number of para-hydroxylation sites is 1. The number of hydrogen-bond donors (Lipinski definition) is 3. The predicted molar refractivity (Wildman–Crippen MR) is 153 cm³/mol. The maximum atomic E-state index is 14.9. The van der Waals surface area contributed by atoms with E-state index in [-0.39, 0.29) is 47.9 Å². The van der Waals surface area contributed by atoms with Crippen molar-refractivity contribution in [1.29, 1.82) is 0 Å². The molecule has 2 heterocycles. The highest BCUT2D eigenvalue weighted by atomic mass is 19.1. The van der Waals surface area contributed by atoms with Crippen LogP contribution in [0.1, 0.15) is 25.7 Å². The number of hydrogen-bond acceptors (Lipinski definition) is 6. The van der Waals surface area contributed by atoms with Gasteiger partial charge in [0.1, 0.15) is 34.4 Å². The summed E-state index contributed by atoms with van der Waals surface area (Å²) in [5.74, 6) is -1.96. The minimum Gasteiger partial charge on any atom is -0.457 e. The fourth-order valence-electron chi connectivity index (χ4n) is 4.81. The molecule has 12 heteroatoms. The van der Waals surface area contributed by atoms with Gasteiger partial charge in [0.05, 0.1) is 11.4 Å². The SMILES string of the molecule is CN1CCC(N(C)C(=O)Nc2cc(Oc3ccc(NC(=O)C4(C(=O)Nc5ccccc5F)CC4)c(F)c3)ccn2)CC1. The molecule has 1 aromatic heterocycles. The van der Waals surface area contributed by atoms with Crippen LogP contribution in [-0.2, 0) is 9.59 Å². The lowest BCUT2D eigenvalue weighted by Crippen LogP contribution is -2.46. The third kappa shape index (κ3) is 6.49. The Kier molecular flexibility index (Phi) is 8.34. The molecule has 0 radical (unpaired) electrons. The van der Waals surface area contributed by atoms with Gasteiger partial charge in [-0.05, 0) is 76.2 Å². The Balaban J connectivity index is 1.18. The number of pyridine rings is 1. The first-order valence-corrected chi connectivity index (χ1v) is 13.7. The second kappa shape index (κ2) is 12.1. The van der Waals surface area contributed by atoms with Crippen LogP contribution in [-0.4, -0.2) is 65.9 Å². The van der Waals surface area contributed by atoms with Crippen LogP contribution in [0, 0.1) is 17.0 Å². The molecule has 0 spiro atoms. The van der Waals surface area contributed by atoms with Gasteiger partial charge in [0, 0.05) is 31.4 Å². The Labute approximate surface area is 242 Å². The lowest BCUT2D eigenvalue weighted by Gasteiger charge is -2.34. The average Bonchev–Trinajstić information content (AvgIpc) is 3.78. The Morgan fingerprint density at radius 3 is 2.19 bits per heavy atom. The zero-order valence-corrected chi connectivity index (χ0v) is 23.3. The number of ether oxygens (including phenoxy) is 1. The summed E-state index contributed by atoms with van der Waals surface area (Å²) in [6, 6.07) is 12.5. The summed E-state index contributed by atoms with van der Waals surface area (Å²) in [6.45, 7) is 1.85. The van der Waals surface area contributed by atoms with E-state index in [2.05, 4.69) is 32.9 Å². The van der Waals surface area contributed by atoms with Crippen molar-refractivity contribution in [3.63, 3.8) is 0 Å². The van der Waals surface area contributed by atoms with Crippen molar-refractivity contribution in [2.24, 2.45) is 5.41 Å². The highest BCUT2D eigenvalue weighted by molar-refractivity contribution is 6.17. The Bertz CT molecular complexity index is 1490. The van der Waals surface area contributed by atoms with Crippen LogP contribution in [0.4, 0.5) is 30.8 Å². The maximum Gasteiger partial charge on any atom is 0.323 e. The molecule has 1 aliphatic carbocycles. The highest BCUT2D eigenvalue weighted by Crippen LogP contribution is 2.47. The van der Waals surface area contributed by atoms with E-state index < -0.39 is 28.9 Å². The largest absolute Gasteiger partial charge is 0.457 e. The second-order valence-electron chi connectivity index (χ2n) is 10.7. The molecule has 10 nitrogen and oxygen atoms in total. The first-order valence-electron chi connectivity index (χ1n) is 13.7. The van der Waals surface area contributed by atoms with Gasteiger partial charge in [-0.25, -0.2) is 18.6 Å². The van der Waals surface area contributed by atoms with Crippen LogP contribution < -0.4 is 20.7 Å². The van der Waals surface area contributed by atoms with Crippen molar-refractivity contribution >= 4 is 35.0 Å². The van der Waals surface area contributed by atoms with Crippen LogP contribution in [0.5, 0.6) is 11.5 Å². The molecule has 3 N–H and O–H groups in total.